The molecule has 0 bridgehead atoms. The molecule has 2 aromatic rings. The molecular formula is C12H12BrFN2O2S2. The van der Waals surface area contributed by atoms with Crippen molar-refractivity contribution in [3.63, 3.8) is 0 Å². The molecule has 0 aliphatic heterocycles. The molecule has 0 radical (unpaired) electrons. The van der Waals surface area contributed by atoms with Crippen LogP contribution >= 0.6 is 27.3 Å². The van der Waals surface area contributed by atoms with E-state index in [9.17, 15) is 12.8 Å². The average Bonchev–Trinajstić information content (AvgIpc) is 2.76. The normalized spacial score (nSPS) is 11.6. The van der Waals surface area contributed by atoms with Crippen LogP contribution < -0.4 is 10.5 Å². The SMILES string of the molecule is Cc1cc(NS(=O)(=O)c2cc(CN)sc2Br)ccc1F. The second kappa shape index (κ2) is 5.80. The summed E-state index contributed by atoms with van der Waals surface area (Å²) in [6, 6.07) is 5.57. The molecule has 0 saturated carbocycles. The van der Waals surface area contributed by atoms with Gasteiger partial charge in [-0.05, 0) is 52.7 Å². The van der Waals surface area contributed by atoms with Gasteiger partial charge in [-0.15, -0.1) is 11.3 Å². The number of benzene rings is 1. The molecule has 8 heteroatoms. The Balaban J connectivity index is 2.35. The molecule has 4 nitrogen and oxygen atoms in total. The summed E-state index contributed by atoms with van der Waals surface area (Å²) in [6.45, 7) is 1.84. The molecule has 0 amide bonds. The second-order valence-corrected chi connectivity index (χ2v) is 8.23. The fourth-order valence-corrected chi connectivity index (χ4v) is 5.21. The Morgan fingerprint density at radius 1 is 1.40 bits per heavy atom. The third kappa shape index (κ3) is 3.20. The molecule has 0 saturated heterocycles. The molecule has 0 aliphatic carbocycles. The molecule has 1 aromatic carbocycles. The van der Waals surface area contributed by atoms with Gasteiger partial charge >= 0.3 is 0 Å². The lowest BCUT2D eigenvalue weighted by molar-refractivity contribution is 0.600. The Morgan fingerprint density at radius 3 is 2.65 bits per heavy atom. The maximum Gasteiger partial charge on any atom is 0.263 e. The van der Waals surface area contributed by atoms with E-state index in [2.05, 4.69) is 20.7 Å². The maximum atomic E-state index is 13.2. The highest BCUT2D eigenvalue weighted by molar-refractivity contribution is 9.11. The van der Waals surface area contributed by atoms with E-state index in [1.54, 1.807) is 6.92 Å². The Morgan fingerprint density at radius 2 is 2.10 bits per heavy atom. The summed E-state index contributed by atoms with van der Waals surface area (Å²) in [5, 5.41) is 0. The highest BCUT2D eigenvalue weighted by Crippen LogP contribution is 2.32. The van der Waals surface area contributed by atoms with Crippen molar-refractivity contribution < 1.29 is 12.8 Å². The third-order valence-electron chi connectivity index (χ3n) is 2.61. The minimum absolute atomic E-state index is 0.130. The molecule has 2 rings (SSSR count). The minimum Gasteiger partial charge on any atom is -0.326 e. The highest BCUT2D eigenvalue weighted by atomic mass is 79.9. The summed E-state index contributed by atoms with van der Waals surface area (Å²) in [5.41, 5.74) is 6.19. The monoisotopic (exact) mass is 378 g/mol. The zero-order chi connectivity index (χ0) is 14.9. The summed E-state index contributed by atoms with van der Waals surface area (Å²) in [7, 11) is -3.73. The second-order valence-electron chi connectivity index (χ2n) is 4.12. The number of nitrogens with two attached hydrogens (primary N) is 1. The molecule has 0 unspecified atom stereocenters. The molecular weight excluding hydrogens is 367 g/mol. The Hall–Kier alpha value is -0.960. The minimum atomic E-state index is -3.73. The predicted octanol–water partition coefficient (Wildman–Crippen LogP) is 3.22. The number of anilines is 1. The van der Waals surface area contributed by atoms with Gasteiger partial charge in [0.25, 0.3) is 10.0 Å². The topological polar surface area (TPSA) is 72.2 Å². The lowest BCUT2D eigenvalue weighted by atomic mass is 10.2. The van der Waals surface area contributed by atoms with Crippen molar-refractivity contribution in [2.75, 3.05) is 4.72 Å². The van der Waals surface area contributed by atoms with Gasteiger partial charge in [-0.1, -0.05) is 0 Å². The summed E-state index contributed by atoms with van der Waals surface area (Å²) in [5.74, 6) is -0.380. The maximum absolute atomic E-state index is 13.2. The van der Waals surface area contributed by atoms with Gasteiger partial charge in [-0.25, -0.2) is 12.8 Å². The van der Waals surface area contributed by atoms with E-state index in [1.165, 1.54) is 35.6 Å². The number of sulfonamides is 1. The van der Waals surface area contributed by atoms with Crippen molar-refractivity contribution in [1.29, 1.82) is 0 Å². The van der Waals surface area contributed by atoms with Crippen molar-refractivity contribution in [3.05, 3.63) is 44.3 Å². The van der Waals surface area contributed by atoms with Gasteiger partial charge in [0.15, 0.2) is 0 Å². The van der Waals surface area contributed by atoms with Crippen LogP contribution in [-0.2, 0) is 16.6 Å². The van der Waals surface area contributed by atoms with Crippen LogP contribution in [0.15, 0.2) is 32.9 Å². The molecule has 0 spiro atoms. The molecule has 0 atom stereocenters. The molecule has 0 aliphatic rings. The molecule has 20 heavy (non-hydrogen) atoms. The lowest BCUT2D eigenvalue weighted by Gasteiger charge is -2.08. The van der Waals surface area contributed by atoms with E-state index in [0.717, 1.165) is 4.88 Å². The number of hydrogen-bond acceptors (Lipinski definition) is 4. The van der Waals surface area contributed by atoms with E-state index in [1.807, 2.05) is 0 Å². The number of thiophene rings is 1. The van der Waals surface area contributed by atoms with E-state index in [-0.39, 0.29) is 17.3 Å². The Labute approximate surface area is 129 Å². The fourth-order valence-electron chi connectivity index (χ4n) is 1.60. The zero-order valence-corrected chi connectivity index (χ0v) is 13.7. The molecule has 1 heterocycles. The summed E-state index contributed by atoms with van der Waals surface area (Å²) in [4.78, 5) is 0.887. The van der Waals surface area contributed by atoms with Crippen LogP contribution in [-0.4, -0.2) is 8.42 Å². The van der Waals surface area contributed by atoms with Gasteiger partial charge in [-0.3, -0.25) is 4.72 Å². The molecule has 1 aromatic heterocycles. The van der Waals surface area contributed by atoms with Crippen LogP contribution in [0.2, 0.25) is 0 Å². The first kappa shape index (κ1) is 15.4. The van der Waals surface area contributed by atoms with Crippen molar-refractivity contribution >= 4 is 43.0 Å². The quantitative estimate of drug-likeness (QED) is 0.857. The van der Waals surface area contributed by atoms with E-state index >= 15 is 0 Å². The van der Waals surface area contributed by atoms with Gasteiger partial charge in [0, 0.05) is 17.1 Å². The van der Waals surface area contributed by atoms with Crippen LogP contribution in [0.3, 0.4) is 0 Å². The van der Waals surface area contributed by atoms with E-state index in [0.29, 0.717) is 15.0 Å². The van der Waals surface area contributed by atoms with Crippen LogP contribution in [0.5, 0.6) is 0 Å². The summed E-state index contributed by atoms with van der Waals surface area (Å²) in [6.07, 6.45) is 0. The first-order valence-electron chi connectivity index (χ1n) is 5.60. The standard InChI is InChI=1S/C12H12BrFN2O2S2/c1-7-4-8(2-3-10(7)14)16-20(17,18)11-5-9(6-15)19-12(11)13/h2-5,16H,6,15H2,1H3. The largest absolute Gasteiger partial charge is 0.326 e. The first-order chi connectivity index (χ1) is 9.33. The van der Waals surface area contributed by atoms with E-state index < -0.39 is 10.0 Å². The number of nitrogens with one attached hydrogen (secondary N) is 1. The van der Waals surface area contributed by atoms with Crippen molar-refractivity contribution in [3.8, 4) is 0 Å². The lowest BCUT2D eigenvalue weighted by Crippen LogP contribution is -2.13. The highest BCUT2D eigenvalue weighted by Gasteiger charge is 2.21. The van der Waals surface area contributed by atoms with Gasteiger partial charge in [0.1, 0.15) is 10.7 Å². The number of halogens is 2. The number of hydrogen-bond donors (Lipinski definition) is 2. The summed E-state index contributed by atoms with van der Waals surface area (Å²) < 4.78 is 40.6. The van der Waals surface area contributed by atoms with Gasteiger partial charge in [-0.2, -0.15) is 0 Å². The smallest absolute Gasteiger partial charge is 0.263 e. The van der Waals surface area contributed by atoms with Gasteiger partial charge in [0.2, 0.25) is 0 Å². The Kier molecular flexibility index (Phi) is 4.48. The van der Waals surface area contributed by atoms with Gasteiger partial charge in [0.05, 0.1) is 3.79 Å². The fraction of sp³-hybridized carbons (Fsp3) is 0.167. The number of rotatable bonds is 4. The van der Waals surface area contributed by atoms with Crippen molar-refractivity contribution in [2.45, 2.75) is 18.4 Å². The predicted molar refractivity (Wildman–Crippen MR) is 81.9 cm³/mol. The van der Waals surface area contributed by atoms with Crippen LogP contribution in [0.25, 0.3) is 0 Å². The third-order valence-corrected chi connectivity index (χ3v) is 6.26. The van der Waals surface area contributed by atoms with Gasteiger partial charge < -0.3 is 5.73 Å². The van der Waals surface area contributed by atoms with Crippen molar-refractivity contribution in [2.24, 2.45) is 5.73 Å². The first-order valence-corrected chi connectivity index (χ1v) is 8.70. The molecule has 108 valence electrons. The van der Waals surface area contributed by atoms with Crippen LogP contribution in [0.4, 0.5) is 10.1 Å². The molecule has 3 N–H and O–H groups in total. The van der Waals surface area contributed by atoms with E-state index in [4.69, 9.17) is 5.73 Å². The average molecular weight is 379 g/mol. The molecule has 0 fully saturated rings. The zero-order valence-electron chi connectivity index (χ0n) is 10.5. The van der Waals surface area contributed by atoms with Crippen molar-refractivity contribution in [1.82, 2.24) is 0 Å². The Bertz CT molecular complexity index is 744. The number of aryl methyl sites for hydroxylation is 1. The van der Waals surface area contributed by atoms with Crippen LogP contribution in [0.1, 0.15) is 10.4 Å². The summed E-state index contributed by atoms with van der Waals surface area (Å²) >= 11 is 4.49. The van der Waals surface area contributed by atoms with Crippen LogP contribution in [0, 0.1) is 12.7 Å².